The lowest BCUT2D eigenvalue weighted by atomic mass is 9.91. The van der Waals surface area contributed by atoms with Crippen LogP contribution in [0.25, 0.3) is 0 Å². The second kappa shape index (κ2) is 7.76. The van der Waals surface area contributed by atoms with Gasteiger partial charge in [-0.25, -0.2) is 5.48 Å². The van der Waals surface area contributed by atoms with E-state index in [4.69, 9.17) is 10.9 Å². The van der Waals surface area contributed by atoms with Crippen LogP contribution in [0.2, 0.25) is 0 Å². The lowest BCUT2D eigenvalue weighted by Gasteiger charge is -2.21. The topological polar surface area (TPSA) is 75.4 Å². The number of amides is 1. The zero-order valence-electron chi connectivity index (χ0n) is 9.12. The SMILES string of the molecule is CCCCC[C@@H](C(N)=O)[C@@H](CC)NO.[HH]. The van der Waals surface area contributed by atoms with Crippen LogP contribution >= 0.6 is 0 Å². The van der Waals surface area contributed by atoms with E-state index >= 15 is 0 Å². The quantitative estimate of drug-likeness (QED) is 0.416. The molecule has 86 valence electrons. The normalized spacial score (nSPS) is 15.1. The summed E-state index contributed by atoms with van der Waals surface area (Å²) in [6.45, 7) is 4.03. The van der Waals surface area contributed by atoms with Crippen molar-refractivity contribution >= 4 is 5.91 Å². The van der Waals surface area contributed by atoms with Crippen molar-refractivity contribution in [2.45, 2.75) is 52.0 Å². The van der Waals surface area contributed by atoms with Gasteiger partial charge < -0.3 is 10.9 Å². The number of nitrogens with one attached hydrogen (secondary N) is 1. The smallest absolute Gasteiger partial charge is 0.222 e. The van der Waals surface area contributed by atoms with Gasteiger partial charge in [0.2, 0.25) is 5.91 Å². The molecule has 0 bridgehead atoms. The van der Waals surface area contributed by atoms with E-state index in [2.05, 4.69) is 12.4 Å². The Labute approximate surface area is 87.3 Å². The van der Waals surface area contributed by atoms with Crippen LogP contribution in [0.4, 0.5) is 0 Å². The lowest BCUT2D eigenvalue weighted by Crippen LogP contribution is -2.41. The molecule has 0 saturated carbocycles. The van der Waals surface area contributed by atoms with Gasteiger partial charge in [0.1, 0.15) is 0 Å². The highest BCUT2D eigenvalue weighted by Gasteiger charge is 2.23. The maximum Gasteiger partial charge on any atom is 0.222 e. The summed E-state index contributed by atoms with van der Waals surface area (Å²) in [6.07, 6.45) is 4.67. The number of hydrogen-bond donors (Lipinski definition) is 3. The molecule has 4 N–H and O–H groups in total. The monoisotopic (exact) mass is 204 g/mol. The predicted molar refractivity (Wildman–Crippen MR) is 57.9 cm³/mol. The first-order valence-electron chi connectivity index (χ1n) is 5.36. The van der Waals surface area contributed by atoms with E-state index in [-0.39, 0.29) is 19.3 Å². The van der Waals surface area contributed by atoms with Crippen molar-refractivity contribution < 1.29 is 11.4 Å². The molecule has 0 aromatic rings. The van der Waals surface area contributed by atoms with Crippen molar-refractivity contribution in [3.63, 3.8) is 0 Å². The second-order valence-corrected chi connectivity index (χ2v) is 3.65. The summed E-state index contributed by atoms with van der Waals surface area (Å²) >= 11 is 0. The Morgan fingerprint density at radius 3 is 2.50 bits per heavy atom. The summed E-state index contributed by atoms with van der Waals surface area (Å²) in [5, 5.41) is 8.84. The Balaban J connectivity index is 0. The third-order valence-electron chi connectivity index (χ3n) is 2.58. The summed E-state index contributed by atoms with van der Waals surface area (Å²) in [7, 11) is 0. The molecule has 0 aliphatic carbocycles. The molecule has 0 heterocycles. The largest absolute Gasteiger partial charge is 0.369 e. The average molecular weight is 204 g/mol. The molecule has 4 nitrogen and oxygen atoms in total. The van der Waals surface area contributed by atoms with E-state index in [0.29, 0.717) is 6.42 Å². The number of hydroxylamine groups is 1. The fraction of sp³-hybridized carbons (Fsp3) is 0.900. The van der Waals surface area contributed by atoms with Crippen LogP contribution in [0.5, 0.6) is 0 Å². The molecule has 4 heteroatoms. The summed E-state index contributed by atoms with van der Waals surface area (Å²) in [6, 6.07) is -0.204. The van der Waals surface area contributed by atoms with Crippen LogP contribution in [0.15, 0.2) is 0 Å². The molecule has 0 aliphatic rings. The van der Waals surface area contributed by atoms with Crippen LogP contribution in [-0.4, -0.2) is 17.2 Å². The first-order valence-corrected chi connectivity index (χ1v) is 5.36. The molecule has 0 unspecified atom stereocenters. The minimum absolute atomic E-state index is 0. The van der Waals surface area contributed by atoms with Gasteiger partial charge in [-0.3, -0.25) is 4.79 Å². The van der Waals surface area contributed by atoms with Gasteiger partial charge in [0, 0.05) is 7.47 Å². The van der Waals surface area contributed by atoms with E-state index in [1.54, 1.807) is 0 Å². The molecule has 2 atom stereocenters. The van der Waals surface area contributed by atoms with Crippen molar-refractivity contribution in [2.24, 2.45) is 11.7 Å². The fourth-order valence-corrected chi connectivity index (χ4v) is 1.62. The van der Waals surface area contributed by atoms with E-state index in [9.17, 15) is 4.79 Å². The highest BCUT2D eigenvalue weighted by Crippen LogP contribution is 2.15. The van der Waals surface area contributed by atoms with Gasteiger partial charge in [0.15, 0.2) is 0 Å². The number of unbranched alkanes of at least 4 members (excludes halogenated alkanes) is 2. The molecule has 0 radical (unpaired) electrons. The molecule has 0 saturated heterocycles. The van der Waals surface area contributed by atoms with Crippen LogP contribution in [0.1, 0.15) is 47.4 Å². The first kappa shape index (κ1) is 13.4. The van der Waals surface area contributed by atoms with Crippen LogP contribution in [0.3, 0.4) is 0 Å². The summed E-state index contributed by atoms with van der Waals surface area (Å²) in [4.78, 5) is 11.1. The Bertz CT molecular complexity index is 164. The van der Waals surface area contributed by atoms with Crippen LogP contribution in [-0.2, 0) is 4.79 Å². The number of rotatable bonds is 8. The molecular formula is C10H24N2O2. The standard InChI is InChI=1S/C10H22N2O2.H2/c1-3-5-6-7-8(10(11)13)9(4-2)12-14;/h8-9,12,14H,3-7H2,1-2H3,(H2,11,13);1H/t8-,9-;/m1./s1. The Kier molecular flexibility index (Phi) is 7.42. The second-order valence-electron chi connectivity index (χ2n) is 3.65. The molecule has 0 spiro atoms. The first-order chi connectivity index (χ1) is 6.67. The molecule has 14 heavy (non-hydrogen) atoms. The van der Waals surface area contributed by atoms with E-state index in [0.717, 1.165) is 25.7 Å². The van der Waals surface area contributed by atoms with Gasteiger partial charge in [-0.1, -0.05) is 33.1 Å². The molecule has 0 aromatic heterocycles. The van der Waals surface area contributed by atoms with E-state index in [1.807, 2.05) is 6.92 Å². The van der Waals surface area contributed by atoms with Crippen molar-refractivity contribution in [3.8, 4) is 0 Å². The highest BCUT2D eigenvalue weighted by atomic mass is 16.5. The van der Waals surface area contributed by atoms with Crippen LogP contribution < -0.4 is 11.2 Å². The van der Waals surface area contributed by atoms with Gasteiger partial charge in [-0.15, -0.1) is 0 Å². The number of carbonyl (C=O) groups excluding carboxylic acids is 1. The zero-order chi connectivity index (χ0) is 11.0. The van der Waals surface area contributed by atoms with Gasteiger partial charge in [0.05, 0.1) is 5.92 Å². The summed E-state index contributed by atoms with van der Waals surface area (Å²) in [5.41, 5.74) is 7.44. The Hall–Kier alpha value is -0.610. The molecular weight excluding hydrogens is 180 g/mol. The average Bonchev–Trinajstić information content (AvgIpc) is 2.17. The fourth-order valence-electron chi connectivity index (χ4n) is 1.62. The van der Waals surface area contributed by atoms with Crippen LogP contribution in [0, 0.1) is 5.92 Å². The Morgan fingerprint density at radius 1 is 1.50 bits per heavy atom. The van der Waals surface area contributed by atoms with Crippen molar-refractivity contribution in [2.75, 3.05) is 0 Å². The third kappa shape index (κ3) is 4.58. The molecule has 1 amide bonds. The van der Waals surface area contributed by atoms with Crippen molar-refractivity contribution in [1.82, 2.24) is 5.48 Å². The minimum atomic E-state index is -0.325. The number of hydrogen-bond acceptors (Lipinski definition) is 3. The molecule has 0 fully saturated rings. The number of nitrogens with two attached hydrogens (primary N) is 1. The number of primary amides is 1. The summed E-state index contributed by atoms with van der Waals surface area (Å²) < 4.78 is 0. The van der Waals surface area contributed by atoms with E-state index < -0.39 is 0 Å². The van der Waals surface area contributed by atoms with Gasteiger partial charge in [-0.2, -0.15) is 0 Å². The third-order valence-corrected chi connectivity index (χ3v) is 2.58. The maximum atomic E-state index is 11.1. The molecule has 0 aromatic carbocycles. The maximum absolute atomic E-state index is 11.1. The van der Waals surface area contributed by atoms with E-state index in [1.165, 1.54) is 0 Å². The highest BCUT2D eigenvalue weighted by molar-refractivity contribution is 5.77. The van der Waals surface area contributed by atoms with Gasteiger partial charge in [-0.05, 0) is 12.8 Å². The van der Waals surface area contributed by atoms with Crippen molar-refractivity contribution in [1.29, 1.82) is 0 Å². The van der Waals surface area contributed by atoms with Gasteiger partial charge >= 0.3 is 0 Å². The zero-order valence-corrected chi connectivity index (χ0v) is 9.12. The van der Waals surface area contributed by atoms with Crippen molar-refractivity contribution in [3.05, 3.63) is 0 Å². The summed E-state index contributed by atoms with van der Waals surface area (Å²) in [5.74, 6) is -0.578. The number of carbonyl (C=O) groups is 1. The predicted octanol–water partition coefficient (Wildman–Crippen LogP) is 1.67. The molecule has 0 aliphatic heterocycles. The van der Waals surface area contributed by atoms with Gasteiger partial charge in [0.25, 0.3) is 0 Å². The Morgan fingerprint density at radius 2 is 2.14 bits per heavy atom. The molecule has 0 rings (SSSR count). The minimum Gasteiger partial charge on any atom is -0.369 e. The lowest BCUT2D eigenvalue weighted by molar-refractivity contribution is -0.124.